The number of aliphatic hydroxyl groups excluding tert-OH is 1. The van der Waals surface area contributed by atoms with Gasteiger partial charge in [0.05, 0.1) is 16.8 Å². The Labute approximate surface area is 156 Å². The Balaban J connectivity index is 1.70. The summed E-state index contributed by atoms with van der Waals surface area (Å²) in [4.78, 5) is 8.33. The minimum Gasteiger partial charge on any atom is -0.396 e. The highest BCUT2D eigenvalue weighted by Gasteiger charge is 2.32. The lowest BCUT2D eigenvalue weighted by Gasteiger charge is -2.34. The van der Waals surface area contributed by atoms with Gasteiger partial charge in [-0.05, 0) is 43.4 Å². The Morgan fingerprint density at radius 2 is 2.11 bits per heavy atom. The van der Waals surface area contributed by atoms with E-state index in [-0.39, 0.29) is 29.3 Å². The van der Waals surface area contributed by atoms with Crippen molar-refractivity contribution in [3.63, 3.8) is 0 Å². The van der Waals surface area contributed by atoms with Gasteiger partial charge in [-0.3, -0.25) is 0 Å². The molecule has 10 heteroatoms. The van der Waals surface area contributed by atoms with Gasteiger partial charge in [0, 0.05) is 18.2 Å². The van der Waals surface area contributed by atoms with E-state index in [0.29, 0.717) is 29.7 Å². The number of aromatic nitrogens is 4. The molecule has 1 saturated carbocycles. The van der Waals surface area contributed by atoms with Crippen LogP contribution in [0, 0.1) is 12.8 Å². The Morgan fingerprint density at radius 1 is 1.33 bits per heavy atom. The molecule has 0 spiro atoms. The third-order valence-corrected chi connectivity index (χ3v) is 6.46. The summed E-state index contributed by atoms with van der Waals surface area (Å²) >= 11 is 0. The zero-order chi connectivity index (χ0) is 19.2. The van der Waals surface area contributed by atoms with Gasteiger partial charge in [0.2, 0.25) is 10.0 Å². The number of nitrogens with one attached hydrogen (secondary N) is 1. The van der Waals surface area contributed by atoms with Crippen LogP contribution in [-0.2, 0) is 10.0 Å². The number of benzene rings is 1. The highest BCUT2D eigenvalue weighted by molar-refractivity contribution is 7.89. The first-order valence-electron chi connectivity index (χ1n) is 8.57. The van der Waals surface area contributed by atoms with Crippen LogP contribution in [-0.4, -0.2) is 45.8 Å². The maximum absolute atomic E-state index is 12.7. The van der Waals surface area contributed by atoms with Gasteiger partial charge >= 0.3 is 0 Å². The number of nitrogens with zero attached hydrogens (tertiary/aromatic N) is 4. The molecule has 0 bridgehead atoms. The summed E-state index contributed by atoms with van der Waals surface area (Å²) in [5, 5.41) is 13.3. The number of anilines is 1. The first-order valence-corrected chi connectivity index (χ1v) is 10.1. The second-order valence-electron chi connectivity index (χ2n) is 6.84. The molecular weight excluding hydrogens is 368 g/mol. The molecule has 9 nitrogen and oxygen atoms in total. The van der Waals surface area contributed by atoms with Crippen molar-refractivity contribution in [1.29, 1.82) is 0 Å². The van der Waals surface area contributed by atoms with Crippen LogP contribution >= 0.6 is 0 Å². The van der Waals surface area contributed by atoms with Crippen molar-refractivity contribution in [2.45, 2.75) is 30.7 Å². The molecule has 3 aromatic rings. The van der Waals surface area contributed by atoms with Crippen LogP contribution in [0.4, 0.5) is 5.82 Å². The van der Waals surface area contributed by atoms with Crippen molar-refractivity contribution in [3.05, 3.63) is 36.3 Å². The van der Waals surface area contributed by atoms with E-state index < -0.39 is 10.0 Å². The van der Waals surface area contributed by atoms with Crippen LogP contribution in [0.25, 0.3) is 16.9 Å². The van der Waals surface area contributed by atoms with Crippen LogP contribution < -0.4 is 10.5 Å². The molecule has 1 fully saturated rings. The van der Waals surface area contributed by atoms with E-state index in [4.69, 9.17) is 10.8 Å². The third kappa shape index (κ3) is 3.15. The molecule has 0 amide bonds. The van der Waals surface area contributed by atoms with Gasteiger partial charge < -0.3 is 10.8 Å². The topological polar surface area (TPSA) is 136 Å². The van der Waals surface area contributed by atoms with Crippen molar-refractivity contribution < 1.29 is 13.5 Å². The maximum atomic E-state index is 12.7. The summed E-state index contributed by atoms with van der Waals surface area (Å²) in [7, 11) is -3.66. The van der Waals surface area contributed by atoms with Gasteiger partial charge in [-0.25, -0.2) is 27.6 Å². The highest BCUT2D eigenvalue weighted by Crippen LogP contribution is 2.30. The highest BCUT2D eigenvalue weighted by atomic mass is 32.2. The van der Waals surface area contributed by atoms with Crippen LogP contribution in [0.5, 0.6) is 0 Å². The third-order valence-electron chi connectivity index (χ3n) is 4.94. The van der Waals surface area contributed by atoms with Crippen LogP contribution in [0.1, 0.15) is 18.4 Å². The van der Waals surface area contributed by atoms with E-state index in [1.807, 2.05) is 6.92 Å². The molecule has 2 heterocycles. The van der Waals surface area contributed by atoms with Gasteiger partial charge in [0.15, 0.2) is 11.5 Å². The molecule has 2 aromatic heterocycles. The second-order valence-corrected chi connectivity index (χ2v) is 8.55. The smallest absolute Gasteiger partial charge is 0.240 e. The number of hydrogen-bond acceptors (Lipinski definition) is 7. The van der Waals surface area contributed by atoms with Gasteiger partial charge in [-0.2, -0.15) is 5.10 Å². The Morgan fingerprint density at radius 3 is 2.85 bits per heavy atom. The van der Waals surface area contributed by atoms with Crippen molar-refractivity contribution >= 4 is 21.5 Å². The number of aryl methyl sites for hydroxylation is 1. The molecule has 0 saturated heterocycles. The number of fused-ring (bicyclic) bond motifs is 1. The standard InChI is InChI=1S/C17H20N6O3S/c1-10-2-3-13(27(25,26)22-12-4-11(5-12)8-24)6-14(10)15-7-19-17-16(18)20-9-21-23(15)17/h2-3,6-7,9,11-12,22,24H,4-5,8H2,1H3,(H2,18,20,21). The van der Waals surface area contributed by atoms with Gasteiger partial charge in [-0.15, -0.1) is 0 Å². The van der Waals surface area contributed by atoms with Gasteiger partial charge in [0.25, 0.3) is 0 Å². The molecule has 1 aromatic carbocycles. The Bertz CT molecular complexity index is 1110. The van der Waals surface area contributed by atoms with Gasteiger partial charge in [0.1, 0.15) is 6.33 Å². The molecule has 142 valence electrons. The molecule has 27 heavy (non-hydrogen) atoms. The zero-order valence-electron chi connectivity index (χ0n) is 14.7. The minimum atomic E-state index is -3.66. The first kappa shape index (κ1) is 17.8. The van der Waals surface area contributed by atoms with E-state index in [9.17, 15) is 8.42 Å². The van der Waals surface area contributed by atoms with Crippen LogP contribution in [0.15, 0.2) is 35.6 Å². The van der Waals surface area contributed by atoms with Crippen molar-refractivity contribution in [1.82, 2.24) is 24.3 Å². The number of rotatable bonds is 5. The minimum absolute atomic E-state index is 0.0895. The monoisotopic (exact) mass is 388 g/mol. The predicted molar refractivity (Wildman–Crippen MR) is 99.3 cm³/mol. The molecule has 1 aliphatic rings. The first-order chi connectivity index (χ1) is 12.9. The Kier molecular flexibility index (Phi) is 4.33. The molecule has 0 aliphatic heterocycles. The summed E-state index contributed by atoms with van der Waals surface area (Å²) in [6.07, 6.45) is 4.24. The summed E-state index contributed by atoms with van der Waals surface area (Å²) in [5.41, 5.74) is 8.47. The number of imidazole rings is 1. The van der Waals surface area contributed by atoms with Crippen LogP contribution in [0.3, 0.4) is 0 Å². The normalized spacial score (nSPS) is 19.9. The lowest BCUT2D eigenvalue weighted by Crippen LogP contribution is -2.45. The van der Waals surface area contributed by atoms with Crippen molar-refractivity contribution in [3.8, 4) is 11.3 Å². The Hall–Kier alpha value is -2.56. The molecule has 1 aliphatic carbocycles. The number of nitrogens with two attached hydrogens (primary N) is 1. The summed E-state index contributed by atoms with van der Waals surface area (Å²) < 4.78 is 29.7. The van der Waals surface area contributed by atoms with E-state index in [1.165, 1.54) is 6.33 Å². The zero-order valence-corrected chi connectivity index (χ0v) is 15.5. The molecule has 0 radical (unpaired) electrons. The maximum Gasteiger partial charge on any atom is 0.240 e. The summed E-state index contributed by atoms with van der Waals surface area (Å²) in [6, 6.07) is 4.81. The van der Waals surface area contributed by atoms with Gasteiger partial charge in [-0.1, -0.05) is 6.07 Å². The lowest BCUT2D eigenvalue weighted by atomic mass is 9.82. The molecule has 0 unspecified atom stereocenters. The van der Waals surface area contributed by atoms with Crippen molar-refractivity contribution in [2.24, 2.45) is 5.92 Å². The van der Waals surface area contributed by atoms with Crippen molar-refractivity contribution in [2.75, 3.05) is 12.3 Å². The van der Waals surface area contributed by atoms with E-state index >= 15 is 0 Å². The predicted octanol–water partition coefficient (Wildman–Crippen LogP) is 0.731. The number of aliphatic hydroxyl groups is 1. The van der Waals surface area contributed by atoms with E-state index in [2.05, 4.69) is 19.8 Å². The van der Waals surface area contributed by atoms with Crippen LogP contribution in [0.2, 0.25) is 0 Å². The SMILES string of the molecule is Cc1ccc(S(=O)(=O)NC2CC(CO)C2)cc1-c1cnc2c(N)ncnn12. The summed E-state index contributed by atoms with van der Waals surface area (Å²) in [5.74, 6) is 0.428. The summed E-state index contributed by atoms with van der Waals surface area (Å²) in [6.45, 7) is 1.98. The number of nitrogen functional groups attached to an aromatic ring is 1. The number of sulfonamides is 1. The second kappa shape index (κ2) is 6.55. The van der Waals surface area contributed by atoms with E-state index in [1.54, 1.807) is 28.9 Å². The van der Waals surface area contributed by atoms with E-state index in [0.717, 1.165) is 5.56 Å². The lowest BCUT2D eigenvalue weighted by molar-refractivity contribution is 0.137. The molecular formula is C17H20N6O3S. The average Bonchev–Trinajstić information content (AvgIpc) is 3.03. The largest absolute Gasteiger partial charge is 0.396 e. The fraction of sp³-hybridized carbons (Fsp3) is 0.353. The quantitative estimate of drug-likeness (QED) is 0.586. The fourth-order valence-electron chi connectivity index (χ4n) is 3.33. The molecule has 0 atom stereocenters. The molecule has 4 N–H and O–H groups in total. The molecule has 4 rings (SSSR count). The number of hydrogen-bond donors (Lipinski definition) is 3. The average molecular weight is 388 g/mol. The fourth-order valence-corrected chi connectivity index (χ4v) is 4.62.